The Hall–Kier alpha value is -3.01. The second kappa shape index (κ2) is 36.0. The minimum atomic E-state index is -1.53. The zero-order valence-electron chi connectivity index (χ0n) is 34.2. The van der Waals surface area contributed by atoms with Crippen molar-refractivity contribution in [2.24, 2.45) is 0 Å². The average molecular weight is 747 g/mol. The van der Waals surface area contributed by atoms with Gasteiger partial charge in [0.25, 0.3) is 6.29 Å². The number of carbonyl (C=O) groups is 3. The van der Waals surface area contributed by atoms with Crippen molar-refractivity contribution in [1.82, 2.24) is 0 Å². The summed E-state index contributed by atoms with van der Waals surface area (Å²) in [5, 5.41) is 9.60. The molecule has 0 aromatic heterocycles. The molecule has 0 aliphatic heterocycles. The first-order valence-corrected chi connectivity index (χ1v) is 20.5. The van der Waals surface area contributed by atoms with Gasteiger partial charge in [-0.15, -0.1) is 0 Å². The number of hydrogen-bond donors (Lipinski definition) is 1. The molecule has 2 atom stereocenters. The second-order valence-corrected chi connectivity index (χ2v) is 14.6. The van der Waals surface area contributed by atoms with E-state index in [4.69, 9.17) is 18.9 Å². The third kappa shape index (κ3) is 37.1. The number of carboxylic acids is 1. The molecule has 0 radical (unpaired) electrons. The van der Waals surface area contributed by atoms with Crippen molar-refractivity contribution in [2.45, 2.75) is 155 Å². The molecule has 0 rings (SSSR count). The van der Waals surface area contributed by atoms with Gasteiger partial charge in [0.1, 0.15) is 13.2 Å². The van der Waals surface area contributed by atoms with Crippen LogP contribution >= 0.6 is 0 Å². The molecule has 0 fully saturated rings. The van der Waals surface area contributed by atoms with Gasteiger partial charge in [0.15, 0.2) is 6.10 Å². The third-order valence-electron chi connectivity index (χ3n) is 8.32. The first kappa shape index (κ1) is 50.0. The number of esters is 2. The monoisotopic (exact) mass is 747 g/mol. The van der Waals surface area contributed by atoms with Crippen molar-refractivity contribution in [1.29, 1.82) is 0 Å². The third-order valence-corrected chi connectivity index (χ3v) is 8.32. The summed E-state index contributed by atoms with van der Waals surface area (Å²) in [6.07, 6.45) is 38.8. The number of nitrogens with zero attached hydrogens (tertiary/aromatic N) is 1. The van der Waals surface area contributed by atoms with Gasteiger partial charge in [-0.2, -0.15) is 0 Å². The predicted molar refractivity (Wildman–Crippen MR) is 216 cm³/mol. The largest absolute Gasteiger partial charge is 0.477 e. The Morgan fingerprint density at radius 3 is 1.53 bits per heavy atom. The van der Waals surface area contributed by atoms with Gasteiger partial charge in [-0.1, -0.05) is 152 Å². The lowest BCUT2D eigenvalue weighted by molar-refractivity contribution is -0.870. The maximum absolute atomic E-state index is 12.6. The molecular weight excluding hydrogens is 670 g/mol. The molecular formula is C44H76NO8+. The van der Waals surface area contributed by atoms with E-state index < -0.39 is 24.3 Å². The second-order valence-electron chi connectivity index (χ2n) is 14.6. The topological polar surface area (TPSA) is 108 Å². The normalized spacial score (nSPS) is 13.6. The lowest BCUT2D eigenvalue weighted by atomic mass is 10.0. The summed E-state index contributed by atoms with van der Waals surface area (Å²) in [7, 11) is 5.91. The van der Waals surface area contributed by atoms with Gasteiger partial charge < -0.3 is 28.5 Å². The van der Waals surface area contributed by atoms with Gasteiger partial charge in [0.05, 0.1) is 40.8 Å². The summed E-state index contributed by atoms with van der Waals surface area (Å²) in [6.45, 7) is 4.62. The van der Waals surface area contributed by atoms with Gasteiger partial charge in [0, 0.05) is 6.42 Å². The van der Waals surface area contributed by atoms with Gasteiger partial charge in [-0.05, 0) is 38.5 Å². The number of ether oxygens (including phenoxy) is 4. The van der Waals surface area contributed by atoms with Crippen LogP contribution in [0.5, 0.6) is 0 Å². The molecule has 0 bridgehead atoms. The highest BCUT2D eigenvalue weighted by Gasteiger charge is 2.24. The molecule has 1 N–H and O–H groups in total. The molecule has 53 heavy (non-hydrogen) atoms. The minimum absolute atomic E-state index is 0.0271. The molecule has 304 valence electrons. The average Bonchev–Trinajstić information content (AvgIpc) is 3.11. The fourth-order valence-corrected chi connectivity index (χ4v) is 5.14. The van der Waals surface area contributed by atoms with Crippen molar-refractivity contribution in [3.8, 4) is 0 Å². The van der Waals surface area contributed by atoms with Gasteiger partial charge in [0.2, 0.25) is 0 Å². The van der Waals surface area contributed by atoms with E-state index in [0.29, 0.717) is 17.4 Å². The Morgan fingerprint density at radius 1 is 0.585 bits per heavy atom. The Labute approximate surface area is 323 Å². The van der Waals surface area contributed by atoms with Crippen LogP contribution < -0.4 is 0 Å². The zero-order chi connectivity index (χ0) is 39.3. The molecule has 0 amide bonds. The van der Waals surface area contributed by atoms with E-state index in [1.54, 1.807) is 6.08 Å². The minimum Gasteiger partial charge on any atom is -0.477 e. The molecule has 0 aromatic rings. The Kier molecular flexibility index (Phi) is 33.9. The number of unbranched alkanes of at least 4 members (excludes halogenated alkanes) is 12. The number of aliphatic carboxylic acids is 1. The van der Waals surface area contributed by atoms with Crippen LogP contribution in [0.2, 0.25) is 0 Å². The van der Waals surface area contributed by atoms with E-state index in [-0.39, 0.29) is 38.6 Å². The lowest BCUT2D eigenvalue weighted by Crippen LogP contribution is -2.40. The van der Waals surface area contributed by atoms with Crippen LogP contribution in [-0.4, -0.2) is 87.4 Å². The summed E-state index contributed by atoms with van der Waals surface area (Å²) in [5.41, 5.74) is 0. The Morgan fingerprint density at radius 2 is 1.06 bits per heavy atom. The van der Waals surface area contributed by atoms with Crippen molar-refractivity contribution in [3.63, 3.8) is 0 Å². The molecule has 0 heterocycles. The van der Waals surface area contributed by atoms with Crippen molar-refractivity contribution < 1.29 is 42.9 Å². The maximum Gasteiger partial charge on any atom is 0.361 e. The summed E-state index contributed by atoms with van der Waals surface area (Å²) < 4.78 is 22.5. The number of likely N-dealkylation sites (N-methyl/N-ethyl adjacent to an activating group) is 1. The van der Waals surface area contributed by atoms with Crippen molar-refractivity contribution in [3.05, 3.63) is 60.8 Å². The van der Waals surface area contributed by atoms with E-state index in [2.05, 4.69) is 56.4 Å². The Bertz CT molecular complexity index is 1060. The van der Waals surface area contributed by atoms with Crippen LogP contribution in [0.15, 0.2) is 60.8 Å². The standard InChI is InChI=1S/C44H75NO8/c1-6-8-10-12-14-16-18-20-21-23-25-27-29-31-33-35-42(47)53-40(39-52-44(43(48)49)50-37-36-45(3,4)5)38-51-41(46)34-32-30-28-26-24-22-19-17-15-13-11-9-7-2/h8,10,14,16,20-21,25,27,31,33,40,44H,6-7,9,11-13,15,17-19,22-24,26,28-30,32,34-39H2,1-5H3/p+1/b10-8-,16-14-,21-20-,27-25-,33-31-. The fourth-order valence-electron chi connectivity index (χ4n) is 5.14. The molecule has 0 spiro atoms. The van der Waals surface area contributed by atoms with Gasteiger partial charge in [-0.3, -0.25) is 9.59 Å². The van der Waals surface area contributed by atoms with Crippen LogP contribution in [0.4, 0.5) is 0 Å². The van der Waals surface area contributed by atoms with Crippen LogP contribution in [0.3, 0.4) is 0 Å². The molecule has 0 saturated heterocycles. The quantitative estimate of drug-likeness (QED) is 0.0222. The van der Waals surface area contributed by atoms with Crippen LogP contribution in [0.1, 0.15) is 142 Å². The van der Waals surface area contributed by atoms with Gasteiger partial charge >= 0.3 is 17.9 Å². The summed E-state index contributed by atoms with van der Waals surface area (Å²) >= 11 is 0. The van der Waals surface area contributed by atoms with Crippen molar-refractivity contribution >= 4 is 17.9 Å². The summed E-state index contributed by atoms with van der Waals surface area (Å²) in [4.78, 5) is 36.9. The highest BCUT2D eigenvalue weighted by Crippen LogP contribution is 2.13. The van der Waals surface area contributed by atoms with Crippen LogP contribution in [0.25, 0.3) is 0 Å². The predicted octanol–water partition coefficient (Wildman–Crippen LogP) is 10.2. The molecule has 0 aliphatic rings. The number of hydrogen-bond acceptors (Lipinski definition) is 7. The molecule has 0 saturated carbocycles. The van der Waals surface area contributed by atoms with E-state index in [9.17, 15) is 19.5 Å². The number of carbonyl (C=O) groups excluding carboxylic acids is 2. The lowest BCUT2D eigenvalue weighted by Gasteiger charge is -2.25. The van der Waals surface area contributed by atoms with E-state index in [1.165, 1.54) is 64.2 Å². The SMILES string of the molecule is CC/C=C\C/C=C\C/C=C\C/C=C\C/C=C\CC(=O)OC(COC(=O)CCCCCCCCCCCCCCC)COC(OCC[N+](C)(C)C)C(=O)O. The zero-order valence-corrected chi connectivity index (χ0v) is 34.2. The smallest absolute Gasteiger partial charge is 0.361 e. The fraction of sp³-hybridized carbons (Fsp3) is 0.705. The number of quaternary nitrogens is 1. The molecule has 9 nitrogen and oxygen atoms in total. The highest BCUT2D eigenvalue weighted by atomic mass is 16.7. The number of carboxylic acid groups (broad SMARTS) is 1. The van der Waals surface area contributed by atoms with E-state index >= 15 is 0 Å². The molecule has 0 aliphatic carbocycles. The first-order chi connectivity index (χ1) is 25.6. The van der Waals surface area contributed by atoms with Gasteiger partial charge in [-0.25, -0.2) is 4.79 Å². The highest BCUT2D eigenvalue weighted by molar-refractivity contribution is 5.72. The Balaban J connectivity index is 4.65. The molecule has 2 unspecified atom stereocenters. The maximum atomic E-state index is 12.6. The summed E-state index contributed by atoms with van der Waals surface area (Å²) in [5.74, 6) is -2.18. The van der Waals surface area contributed by atoms with Crippen molar-refractivity contribution in [2.75, 3.05) is 47.5 Å². The van der Waals surface area contributed by atoms with Crippen LogP contribution in [0, 0.1) is 0 Å². The van der Waals surface area contributed by atoms with Crippen LogP contribution in [-0.2, 0) is 33.3 Å². The summed E-state index contributed by atoms with van der Waals surface area (Å²) in [6, 6.07) is 0. The number of allylic oxidation sites excluding steroid dienone is 9. The number of rotatable bonds is 36. The first-order valence-electron chi connectivity index (χ1n) is 20.5. The molecule has 0 aromatic carbocycles. The van der Waals surface area contributed by atoms with E-state index in [1.807, 2.05) is 33.3 Å². The van der Waals surface area contributed by atoms with E-state index in [0.717, 1.165) is 44.9 Å². The molecule has 9 heteroatoms.